The molecule has 1 atom stereocenters. The Balaban J connectivity index is 3.19. The standard InChI is InChI=1S/C10H16O4/c1-9(2,3)10(12)7(11)6(13-4)8(10)14-5/h12H,1-5H3. The van der Waals surface area contributed by atoms with Crippen molar-refractivity contribution in [3.8, 4) is 0 Å². The molecule has 1 N–H and O–H groups in total. The van der Waals surface area contributed by atoms with Crippen LogP contribution in [-0.2, 0) is 14.3 Å². The van der Waals surface area contributed by atoms with E-state index in [4.69, 9.17) is 9.47 Å². The van der Waals surface area contributed by atoms with Crippen molar-refractivity contribution in [1.29, 1.82) is 0 Å². The largest absolute Gasteiger partial charge is 0.494 e. The first-order chi connectivity index (χ1) is 6.30. The van der Waals surface area contributed by atoms with Gasteiger partial charge in [-0.3, -0.25) is 4.79 Å². The van der Waals surface area contributed by atoms with Crippen molar-refractivity contribution < 1.29 is 19.4 Å². The average molecular weight is 200 g/mol. The van der Waals surface area contributed by atoms with Gasteiger partial charge in [-0.2, -0.15) is 0 Å². The quantitative estimate of drug-likeness (QED) is 0.718. The fraction of sp³-hybridized carbons (Fsp3) is 0.700. The SMILES string of the molecule is COC1=C(OC)C(O)(C(C)(C)C)C1=O. The zero-order valence-electron chi connectivity index (χ0n) is 9.17. The van der Waals surface area contributed by atoms with E-state index in [1.807, 2.05) is 0 Å². The van der Waals surface area contributed by atoms with Crippen molar-refractivity contribution in [1.82, 2.24) is 0 Å². The predicted octanol–water partition coefficient (Wildman–Crippen LogP) is 0.851. The van der Waals surface area contributed by atoms with Gasteiger partial charge in [0.15, 0.2) is 11.4 Å². The van der Waals surface area contributed by atoms with Crippen molar-refractivity contribution >= 4 is 5.78 Å². The van der Waals surface area contributed by atoms with Gasteiger partial charge in [-0.15, -0.1) is 0 Å². The minimum absolute atomic E-state index is 0.116. The lowest BCUT2D eigenvalue weighted by Gasteiger charge is -2.45. The van der Waals surface area contributed by atoms with Crippen LogP contribution < -0.4 is 0 Å². The van der Waals surface area contributed by atoms with E-state index in [9.17, 15) is 9.90 Å². The van der Waals surface area contributed by atoms with Crippen LogP contribution in [0.1, 0.15) is 20.8 Å². The molecular weight excluding hydrogens is 184 g/mol. The lowest BCUT2D eigenvalue weighted by Crippen LogP contribution is -2.60. The minimum Gasteiger partial charge on any atom is -0.494 e. The normalized spacial score (nSPS) is 27.4. The first kappa shape index (κ1) is 11.0. The van der Waals surface area contributed by atoms with E-state index in [-0.39, 0.29) is 11.5 Å². The molecule has 4 heteroatoms. The second kappa shape index (κ2) is 2.98. The molecule has 80 valence electrons. The Hall–Kier alpha value is -1.03. The number of hydrogen-bond donors (Lipinski definition) is 1. The van der Waals surface area contributed by atoms with Crippen molar-refractivity contribution in [2.24, 2.45) is 5.41 Å². The number of ether oxygens (including phenoxy) is 2. The molecule has 0 saturated heterocycles. The molecule has 0 aromatic rings. The van der Waals surface area contributed by atoms with E-state index in [1.165, 1.54) is 14.2 Å². The molecule has 0 aromatic carbocycles. The third-order valence-corrected chi connectivity index (χ3v) is 2.56. The van der Waals surface area contributed by atoms with Crippen molar-refractivity contribution in [3.05, 3.63) is 11.5 Å². The average Bonchev–Trinajstić information content (AvgIpc) is 2.09. The maximum absolute atomic E-state index is 11.6. The smallest absolute Gasteiger partial charge is 0.240 e. The van der Waals surface area contributed by atoms with E-state index in [1.54, 1.807) is 20.8 Å². The molecule has 14 heavy (non-hydrogen) atoms. The summed E-state index contributed by atoms with van der Waals surface area (Å²) in [6, 6.07) is 0. The number of ketones is 1. The Labute approximate surface area is 83.5 Å². The topological polar surface area (TPSA) is 55.8 Å². The summed E-state index contributed by atoms with van der Waals surface area (Å²) in [4.78, 5) is 11.6. The molecule has 0 saturated carbocycles. The number of carbonyl (C=O) groups excluding carboxylic acids is 1. The van der Waals surface area contributed by atoms with Gasteiger partial charge in [0.1, 0.15) is 0 Å². The maximum atomic E-state index is 11.6. The first-order valence-corrected chi connectivity index (χ1v) is 4.40. The third kappa shape index (κ3) is 1.07. The second-order valence-corrected chi connectivity index (χ2v) is 4.36. The number of carbonyl (C=O) groups is 1. The van der Waals surface area contributed by atoms with Crippen molar-refractivity contribution in [2.45, 2.75) is 26.4 Å². The number of Topliss-reactive ketones (excluding diaryl/α,β-unsaturated/α-hetero) is 1. The van der Waals surface area contributed by atoms with Gasteiger partial charge in [0, 0.05) is 5.41 Å². The highest BCUT2D eigenvalue weighted by Crippen LogP contribution is 2.47. The van der Waals surface area contributed by atoms with Crippen molar-refractivity contribution in [2.75, 3.05) is 14.2 Å². The highest BCUT2D eigenvalue weighted by Gasteiger charge is 2.62. The molecule has 0 aromatic heterocycles. The second-order valence-electron chi connectivity index (χ2n) is 4.36. The minimum atomic E-state index is -1.55. The van der Waals surface area contributed by atoms with Gasteiger partial charge >= 0.3 is 0 Å². The number of aliphatic hydroxyl groups is 1. The Bertz CT molecular complexity index is 298. The molecule has 1 aliphatic rings. The summed E-state index contributed by atoms with van der Waals surface area (Å²) >= 11 is 0. The number of methoxy groups -OCH3 is 2. The van der Waals surface area contributed by atoms with Crippen molar-refractivity contribution in [3.63, 3.8) is 0 Å². The summed E-state index contributed by atoms with van der Waals surface area (Å²) in [7, 11) is 2.80. The predicted molar refractivity (Wildman–Crippen MR) is 50.5 cm³/mol. The van der Waals surface area contributed by atoms with Gasteiger partial charge < -0.3 is 14.6 Å². The molecule has 0 bridgehead atoms. The summed E-state index contributed by atoms with van der Waals surface area (Å²) < 4.78 is 9.82. The Kier molecular flexibility index (Phi) is 2.35. The van der Waals surface area contributed by atoms with Crippen LogP contribution in [0.4, 0.5) is 0 Å². The molecule has 0 radical (unpaired) electrons. The van der Waals surface area contributed by atoms with Gasteiger partial charge in [0.2, 0.25) is 11.5 Å². The molecule has 0 fully saturated rings. The Morgan fingerprint density at radius 3 is 2.00 bits per heavy atom. The zero-order valence-corrected chi connectivity index (χ0v) is 9.17. The van der Waals surface area contributed by atoms with Crippen LogP contribution >= 0.6 is 0 Å². The highest BCUT2D eigenvalue weighted by atomic mass is 16.5. The van der Waals surface area contributed by atoms with Gasteiger partial charge in [-0.25, -0.2) is 0 Å². The lowest BCUT2D eigenvalue weighted by atomic mass is 9.66. The fourth-order valence-corrected chi connectivity index (χ4v) is 1.58. The molecule has 0 amide bonds. The highest BCUT2D eigenvalue weighted by molar-refractivity contribution is 6.10. The molecule has 1 unspecified atom stereocenters. The van der Waals surface area contributed by atoms with Crippen LogP contribution in [0.3, 0.4) is 0 Å². The third-order valence-electron chi connectivity index (χ3n) is 2.56. The summed E-state index contributed by atoms with van der Waals surface area (Å²) in [5.74, 6) is -0.0771. The van der Waals surface area contributed by atoms with Crippen LogP contribution in [0.5, 0.6) is 0 Å². The van der Waals surface area contributed by atoms with Crippen LogP contribution in [0.25, 0.3) is 0 Å². The zero-order chi connectivity index (χ0) is 11.1. The molecule has 0 heterocycles. The number of rotatable bonds is 2. The van der Waals surface area contributed by atoms with Crippen LogP contribution in [0.15, 0.2) is 11.5 Å². The molecule has 0 spiro atoms. The van der Waals surface area contributed by atoms with E-state index in [0.29, 0.717) is 0 Å². The fourth-order valence-electron chi connectivity index (χ4n) is 1.58. The molecule has 1 aliphatic carbocycles. The summed E-state index contributed by atoms with van der Waals surface area (Å²) in [5.41, 5.74) is -2.15. The first-order valence-electron chi connectivity index (χ1n) is 4.40. The van der Waals surface area contributed by atoms with Gasteiger partial charge in [0.25, 0.3) is 0 Å². The van der Waals surface area contributed by atoms with Crippen LogP contribution in [-0.4, -0.2) is 30.7 Å². The van der Waals surface area contributed by atoms with Crippen LogP contribution in [0, 0.1) is 5.41 Å². The molecule has 0 aliphatic heterocycles. The summed E-state index contributed by atoms with van der Waals surface area (Å²) in [6.45, 7) is 5.32. The molecular formula is C10H16O4. The summed E-state index contributed by atoms with van der Waals surface area (Å²) in [5, 5.41) is 10.2. The monoisotopic (exact) mass is 200 g/mol. The Morgan fingerprint density at radius 1 is 1.21 bits per heavy atom. The van der Waals surface area contributed by atoms with Gasteiger partial charge in [0.05, 0.1) is 14.2 Å². The maximum Gasteiger partial charge on any atom is 0.240 e. The molecule has 1 rings (SSSR count). The van der Waals surface area contributed by atoms with Gasteiger partial charge in [-0.05, 0) is 0 Å². The van der Waals surface area contributed by atoms with E-state index < -0.39 is 16.8 Å². The van der Waals surface area contributed by atoms with Gasteiger partial charge in [-0.1, -0.05) is 20.8 Å². The van der Waals surface area contributed by atoms with Crippen LogP contribution in [0.2, 0.25) is 0 Å². The lowest BCUT2D eigenvalue weighted by molar-refractivity contribution is -0.160. The molecule has 4 nitrogen and oxygen atoms in total. The number of hydrogen-bond acceptors (Lipinski definition) is 4. The van der Waals surface area contributed by atoms with E-state index in [0.717, 1.165) is 0 Å². The van der Waals surface area contributed by atoms with E-state index >= 15 is 0 Å². The summed E-state index contributed by atoms with van der Waals surface area (Å²) in [6.07, 6.45) is 0. The van der Waals surface area contributed by atoms with E-state index in [2.05, 4.69) is 0 Å². The Morgan fingerprint density at radius 2 is 1.71 bits per heavy atom.